The zero-order valence-corrected chi connectivity index (χ0v) is 7.46. The van der Waals surface area contributed by atoms with E-state index in [4.69, 9.17) is 0 Å². The van der Waals surface area contributed by atoms with Crippen molar-refractivity contribution in [3.05, 3.63) is 24.3 Å². The van der Waals surface area contributed by atoms with Crippen molar-refractivity contribution in [3.63, 3.8) is 0 Å². The molecule has 2 rings (SSSR count). The van der Waals surface area contributed by atoms with Crippen LogP contribution in [0.3, 0.4) is 0 Å². The van der Waals surface area contributed by atoms with E-state index < -0.39 is 5.95 Å². The van der Waals surface area contributed by atoms with E-state index in [9.17, 15) is 4.39 Å². The van der Waals surface area contributed by atoms with Crippen LogP contribution in [0.4, 0.5) is 10.1 Å². The Kier molecular flexibility index (Phi) is 2.43. The van der Waals surface area contributed by atoms with Gasteiger partial charge < -0.3 is 5.32 Å². The monoisotopic (exact) mass is 180 g/mol. The third-order valence-corrected chi connectivity index (χ3v) is 2.45. The van der Waals surface area contributed by atoms with Crippen LogP contribution in [0, 0.1) is 5.95 Å². The molecule has 0 radical (unpaired) electrons. The van der Waals surface area contributed by atoms with Crippen molar-refractivity contribution in [2.24, 2.45) is 0 Å². The average Bonchev–Trinajstić information content (AvgIpc) is 2.57. The third kappa shape index (κ3) is 2.17. The molecule has 1 aliphatic carbocycles. The Bertz CT molecular complexity index is 282. The Morgan fingerprint density at radius 2 is 2.15 bits per heavy atom. The van der Waals surface area contributed by atoms with E-state index in [-0.39, 0.29) is 0 Å². The molecule has 0 saturated heterocycles. The summed E-state index contributed by atoms with van der Waals surface area (Å²) in [6.45, 7) is 0. The number of nitrogens with zero attached hydrogens (tertiary/aromatic N) is 1. The highest BCUT2D eigenvalue weighted by Crippen LogP contribution is 2.21. The number of pyridine rings is 1. The van der Waals surface area contributed by atoms with Crippen LogP contribution in [-0.2, 0) is 0 Å². The van der Waals surface area contributed by atoms with Gasteiger partial charge in [0, 0.05) is 24.0 Å². The third-order valence-electron chi connectivity index (χ3n) is 2.45. The fourth-order valence-electron chi connectivity index (χ4n) is 1.80. The first kappa shape index (κ1) is 8.48. The van der Waals surface area contributed by atoms with Gasteiger partial charge in [0.25, 0.3) is 0 Å². The lowest BCUT2D eigenvalue weighted by Gasteiger charge is -2.12. The Hall–Kier alpha value is -1.12. The molecule has 0 atom stereocenters. The van der Waals surface area contributed by atoms with Crippen LogP contribution >= 0.6 is 0 Å². The minimum atomic E-state index is -0.414. The molecule has 0 amide bonds. The second-order valence-corrected chi connectivity index (χ2v) is 3.49. The summed E-state index contributed by atoms with van der Waals surface area (Å²) in [5.41, 5.74) is 0.847. The van der Waals surface area contributed by atoms with Gasteiger partial charge in [-0.1, -0.05) is 12.8 Å². The summed E-state index contributed by atoms with van der Waals surface area (Å²) in [5.74, 6) is -0.414. The molecule has 0 aliphatic heterocycles. The Balaban J connectivity index is 2.00. The highest BCUT2D eigenvalue weighted by molar-refractivity contribution is 5.42. The summed E-state index contributed by atoms with van der Waals surface area (Å²) in [4.78, 5) is 3.51. The second kappa shape index (κ2) is 3.73. The average molecular weight is 180 g/mol. The molecule has 1 aliphatic rings. The fourth-order valence-corrected chi connectivity index (χ4v) is 1.80. The Labute approximate surface area is 77.2 Å². The van der Waals surface area contributed by atoms with E-state index in [2.05, 4.69) is 10.3 Å². The maximum atomic E-state index is 12.7. The van der Waals surface area contributed by atoms with Crippen LogP contribution in [-0.4, -0.2) is 11.0 Å². The molecule has 70 valence electrons. The molecule has 3 heteroatoms. The highest BCUT2D eigenvalue weighted by Gasteiger charge is 2.14. The summed E-state index contributed by atoms with van der Waals surface area (Å²) < 4.78 is 12.7. The number of rotatable bonds is 2. The van der Waals surface area contributed by atoms with Gasteiger partial charge in [0.05, 0.1) is 0 Å². The van der Waals surface area contributed by atoms with Gasteiger partial charge in [-0.15, -0.1) is 0 Å². The summed E-state index contributed by atoms with van der Waals surface area (Å²) in [6, 6.07) is 3.78. The first-order valence-corrected chi connectivity index (χ1v) is 4.73. The number of halogens is 1. The lowest BCUT2D eigenvalue weighted by atomic mass is 10.2. The zero-order chi connectivity index (χ0) is 9.10. The van der Waals surface area contributed by atoms with E-state index in [1.165, 1.54) is 37.9 Å². The largest absolute Gasteiger partial charge is 0.382 e. The van der Waals surface area contributed by atoms with Crippen LogP contribution < -0.4 is 5.32 Å². The molecule has 1 fully saturated rings. The highest BCUT2D eigenvalue weighted by atomic mass is 19.1. The van der Waals surface area contributed by atoms with Crippen LogP contribution in [0.5, 0.6) is 0 Å². The first-order valence-electron chi connectivity index (χ1n) is 4.73. The van der Waals surface area contributed by atoms with Crippen molar-refractivity contribution < 1.29 is 4.39 Å². The maximum absolute atomic E-state index is 12.7. The molecule has 1 saturated carbocycles. The van der Waals surface area contributed by atoms with Crippen molar-refractivity contribution in [2.75, 3.05) is 5.32 Å². The Morgan fingerprint density at radius 3 is 2.85 bits per heavy atom. The van der Waals surface area contributed by atoms with Crippen LogP contribution in [0.25, 0.3) is 0 Å². The van der Waals surface area contributed by atoms with Crippen molar-refractivity contribution >= 4 is 5.69 Å². The van der Waals surface area contributed by atoms with Crippen LogP contribution in [0.1, 0.15) is 25.7 Å². The predicted octanol–water partition coefficient (Wildman–Crippen LogP) is 2.58. The van der Waals surface area contributed by atoms with E-state index in [0.29, 0.717) is 6.04 Å². The molecule has 0 bridgehead atoms. The van der Waals surface area contributed by atoms with Gasteiger partial charge in [0.1, 0.15) is 0 Å². The molecular formula is C10H13FN2. The lowest BCUT2D eigenvalue weighted by molar-refractivity contribution is 0.583. The lowest BCUT2D eigenvalue weighted by Crippen LogP contribution is -2.14. The predicted molar refractivity (Wildman–Crippen MR) is 50.1 cm³/mol. The summed E-state index contributed by atoms with van der Waals surface area (Å²) in [5, 5.41) is 3.30. The molecule has 1 N–H and O–H groups in total. The molecule has 2 nitrogen and oxygen atoms in total. The van der Waals surface area contributed by atoms with Gasteiger partial charge in [-0.05, 0) is 18.9 Å². The van der Waals surface area contributed by atoms with Gasteiger partial charge >= 0.3 is 0 Å². The smallest absolute Gasteiger partial charge is 0.214 e. The minimum absolute atomic E-state index is 0.414. The number of aromatic nitrogens is 1. The summed E-state index contributed by atoms with van der Waals surface area (Å²) in [7, 11) is 0. The summed E-state index contributed by atoms with van der Waals surface area (Å²) >= 11 is 0. The number of nitrogens with one attached hydrogen (secondary N) is 1. The standard InChI is InChI=1S/C10H13FN2/c11-10-7-9(5-6-12-10)13-8-3-1-2-4-8/h5-8H,1-4H2,(H,12,13). The quantitative estimate of drug-likeness (QED) is 0.707. The second-order valence-electron chi connectivity index (χ2n) is 3.49. The van der Waals surface area contributed by atoms with Gasteiger partial charge in [0.15, 0.2) is 0 Å². The van der Waals surface area contributed by atoms with Crippen molar-refractivity contribution in [1.29, 1.82) is 0 Å². The SMILES string of the molecule is Fc1cc(NC2CCCC2)ccn1. The van der Waals surface area contributed by atoms with E-state index in [1.54, 1.807) is 6.07 Å². The molecule has 0 spiro atoms. The van der Waals surface area contributed by atoms with Crippen molar-refractivity contribution in [3.8, 4) is 0 Å². The number of hydrogen-bond donors (Lipinski definition) is 1. The molecule has 1 aromatic rings. The first-order chi connectivity index (χ1) is 6.34. The molecule has 1 aromatic heterocycles. The van der Waals surface area contributed by atoms with Gasteiger partial charge in [-0.2, -0.15) is 4.39 Å². The Morgan fingerprint density at radius 1 is 1.38 bits per heavy atom. The van der Waals surface area contributed by atoms with Crippen LogP contribution in [0.2, 0.25) is 0 Å². The number of hydrogen-bond acceptors (Lipinski definition) is 2. The van der Waals surface area contributed by atoms with Gasteiger partial charge in [-0.25, -0.2) is 4.98 Å². The van der Waals surface area contributed by atoms with Crippen molar-refractivity contribution in [2.45, 2.75) is 31.7 Å². The topological polar surface area (TPSA) is 24.9 Å². The molecular weight excluding hydrogens is 167 g/mol. The maximum Gasteiger partial charge on any atom is 0.214 e. The fraction of sp³-hybridized carbons (Fsp3) is 0.500. The van der Waals surface area contributed by atoms with E-state index >= 15 is 0 Å². The summed E-state index contributed by atoms with van der Waals surface area (Å²) in [6.07, 6.45) is 6.46. The molecule has 13 heavy (non-hydrogen) atoms. The van der Waals surface area contributed by atoms with Crippen molar-refractivity contribution in [1.82, 2.24) is 4.98 Å². The van der Waals surface area contributed by atoms with E-state index in [1.807, 2.05) is 0 Å². The molecule has 0 aromatic carbocycles. The van der Waals surface area contributed by atoms with E-state index in [0.717, 1.165) is 5.69 Å². The van der Waals surface area contributed by atoms with Gasteiger partial charge in [0.2, 0.25) is 5.95 Å². The molecule has 0 unspecified atom stereocenters. The van der Waals surface area contributed by atoms with Crippen LogP contribution in [0.15, 0.2) is 18.3 Å². The normalized spacial score (nSPS) is 17.6. The number of anilines is 1. The zero-order valence-electron chi connectivity index (χ0n) is 7.46. The minimum Gasteiger partial charge on any atom is -0.382 e. The molecule has 1 heterocycles. The van der Waals surface area contributed by atoms with Gasteiger partial charge in [-0.3, -0.25) is 0 Å².